The van der Waals surface area contributed by atoms with E-state index in [1.165, 1.54) is 17.0 Å². The van der Waals surface area contributed by atoms with Crippen molar-refractivity contribution in [3.05, 3.63) is 52.1 Å². The summed E-state index contributed by atoms with van der Waals surface area (Å²) in [6.45, 7) is 0.104. The lowest BCUT2D eigenvalue weighted by molar-refractivity contribution is -0.384. The van der Waals surface area contributed by atoms with Gasteiger partial charge in [-0.15, -0.1) is 0 Å². The summed E-state index contributed by atoms with van der Waals surface area (Å²) < 4.78 is 0. The molecule has 2 atom stereocenters. The van der Waals surface area contributed by atoms with Crippen LogP contribution in [0.3, 0.4) is 0 Å². The Balaban J connectivity index is 1.82. The predicted octanol–water partition coefficient (Wildman–Crippen LogP) is 2.05. The molecule has 1 aliphatic heterocycles. The van der Waals surface area contributed by atoms with E-state index in [4.69, 9.17) is 0 Å². The van der Waals surface area contributed by atoms with Crippen LogP contribution in [0.1, 0.15) is 18.4 Å². The van der Waals surface area contributed by atoms with E-state index in [0.29, 0.717) is 18.4 Å². The van der Waals surface area contributed by atoms with Crippen molar-refractivity contribution >= 4 is 17.5 Å². The third kappa shape index (κ3) is 2.33. The number of amides is 2. The molecule has 6 heteroatoms. The van der Waals surface area contributed by atoms with Crippen molar-refractivity contribution in [1.82, 2.24) is 4.90 Å². The first-order valence-corrected chi connectivity index (χ1v) is 6.81. The van der Waals surface area contributed by atoms with Gasteiger partial charge in [-0.3, -0.25) is 24.6 Å². The molecule has 0 spiro atoms. The van der Waals surface area contributed by atoms with Crippen LogP contribution in [-0.4, -0.2) is 21.6 Å². The van der Waals surface area contributed by atoms with E-state index in [0.717, 1.165) is 0 Å². The highest BCUT2D eigenvalue weighted by atomic mass is 16.6. The van der Waals surface area contributed by atoms with Gasteiger partial charge in [0.15, 0.2) is 0 Å². The van der Waals surface area contributed by atoms with Crippen LogP contribution in [0.25, 0.3) is 0 Å². The fourth-order valence-electron chi connectivity index (χ4n) is 2.98. The number of carbonyl (C=O) groups excluding carboxylic acids is 2. The zero-order chi connectivity index (χ0) is 15.0. The number of benzene rings is 1. The van der Waals surface area contributed by atoms with E-state index in [2.05, 4.69) is 0 Å². The summed E-state index contributed by atoms with van der Waals surface area (Å²) in [4.78, 5) is 36.1. The normalized spacial score (nSPS) is 24.3. The summed E-state index contributed by atoms with van der Waals surface area (Å²) in [5, 5.41) is 10.8. The number of fused-ring (bicyclic) bond motifs is 1. The Morgan fingerprint density at radius 1 is 1.14 bits per heavy atom. The standard InChI is InChI=1S/C15H14N2O4/c18-14-12-6-1-2-7-13(12)15(19)16(14)9-10-4-3-5-11(8-10)17(20)21/h1-5,8,12-13H,6-7,9H2/t12-,13+. The van der Waals surface area contributed by atoms with Crippen LogP contribution in [0.2, 0.25) is 0 Å². The number of allylic oxidation sites excluding steroid dienone is 2. The van der Waals surface area contributed by atoms with Crippen LogP contribution >= 0.6 is 0 Å². The highest BCUT2D eigenvalue weighted by Crippen LogP contribution is 2.35. The highest BCUT2D eigenvalue weighted by molar-refractivity contribution is 6.05. The van der Waals surface area contributed by atoms with Gasteiger partial charge >= 0.3 is 0 Å². The highest BCUT2D eigenvalue weighted by Gasteiger charge is 2.46. The molecule has 1 aromatic carbocycles. The van der Waals surface area contributed by atoms with Gasteiger partial charge in [-0.05, 0) is 18.4 Å². The molecule has 1 aromatic rings. The number of carbonyl (C=O) groups is 2. The maximum atomic E-state index is 12.3. The summed E-state index contributed by atoms with van der Waals surface area (Å²) in [6.07, 6.45) is 5.06. The fraction of sp³-hybridized carbons (Fsp3) is 0.333. The van der Waals surface area contributed by atoms with Crippen molar-refractivity contribution in [2.75, 3.05) is 0 Å². The van der Waals surface area contributed by atoms with Gasteiger partial charge in [-0.25, -0.2) is 0 Å². The lowest BCUT2D eigenvalue weighted by atomic mass is 9.85. The quantitative estimate of drug-likeness (QED) is 0.368. The van der Waals surface area contributed by atoms with Gasteiger partial charge in [0.25, 0.3) is 5.69 Å². The molecule has 21 heavy (non-hydrogen) atoms. The van der Waals surface area contributed by atoms with E-state index in [1.807, 2.05) is 12.2 Å². The summed E-state index contributed by atoms with van der Waals surface area (Å²) in [5.74, 6) is -0.857. The van der Waals surface area contributed by atoms with E-state index < -0.39 is 4.92 Å². The number of nitro groups is 1. The molecule has 1 fully saturated rings. The third-order valence-electron chi connectivity index (χ3n) is 4.06. The molecule has 1 aliphatic carbocycles. The molecule has 3 rings (SSSR count). The Kier molecular flexibility index (Phi) is 3.29. The minimum atomic E-state index is -0.485. The largest absolute Gasteiger partial charge is 0.278 e. The second kappa shape index (κ2) is 5.12. The monoisotopic (exact) mass is 286 g/mol. The molecule has 2 aliphatic rings. The Labute approximate surface area is 121 Å². The van der Waals surface area contributed by atoms with Crippen LogP contribution in [0.5, 0.6) is 0 Å². The summed E-state index contributed by atoms with van der Waals surface area (Å²) in [5.41, 5.74) is 0.559. The molecule has 108 valence electrons. The van der Waals surface area contributed by atoms with Crippen LogP contribution in [-0.2, 0) is 16.1 Å². The molecule has 0 aromatic heterocycles. The minimum absolute atomic E-state index is 0.0364. The Morgan fingerprint density at radius 2 is 1.76 bits per heavy atom. The number of hydrogen-bond acceptors (Lipinski definition) is 4. The number of hydrogen-bond donors (Lipinski definition) is 0. The van der Waals surface area contributed by atoms with Gasteiger partial charge in [0.05, 0.1) is 23.3 Å². The molecule has 0 radical (unpaired) electrons. The van der Waals surface area contributed by atoms with E-state index in [9.17, 15) is 19.7 Å². The average Bonchev–Trinajstić information content (AvgIpc) is 2.73. The first-order chi connectivity index (χ1) is 10.1. The molecule has 0 saturated carbocycles. The van der Waals surface area contributed by atoms with E-state index in [-0.39, 0.29) is 35.9 Å². The number of nitrogens with zero attached hydrogens (tertiary/aromatic N) is 2. The zero-order valence-corrected chi connectivity index (χ0v) is 11.3. The van der Waals surface area contributed by atoms with Crippen molar-refractivity contribution in [3.8, 4) is 0 Å². The third-order valence-corrected chi connectivity index (χ3v) is 4.06. The van der Waals surface area contributed by atoms with Gasteiger partial charge in [-0.1, -0.05) is 24.3 Å². The Morgan fingerprint density at radius 3 is 2.33 bits per heavy atom. The number of non-ortho nitro benzene ring substituents is 1. The Hall–Kier alpha value is -2.50. The molecule has 1 saturated heterocycles. The van der Waals surface area contributed by atoms with Crippen molar-refractivity contribution in [2.24, 2.45) is 11.8 Å². The number of nitro benzene ring substituents is 1. The average molecular weight is 286 g/mol. The topological polar surface area (TPSA) is 80.5 Å². The van der Waals surface area contributed by atoms with Gasteiger partial charge < -0.3 is 0 Å². The van der Waals surface area contributed by atoms with E-state index in [1.54, 1.807) is 12.1 Å². The van der Waals surface area contributed by atoms with Crippen molar-refractivity contribution in [1.29, 1.82) is 0 Å². The van der Waals surface area contributed by atoms with Crippen LogP contribution < -0.4 is 0 Å². The van der Waals surface area contributed by atoms with E-state index >= 15 is 0 Å². The van der Waals surface area contributed by atoms with Gasteiger partial charge in [0, 0.05) is 12.1 Å². The molecular formula is C15H14N2O4. The molecular weight excluding hydrogens is 272 g/mol. The Bertz CT molecular complexity index is 627. The molecule has 1 heterocycles. The summed E-state index contributed by atoms with van der Waals surface area (Å²) in [6, 6.07) is 6.04. The molecule has 0 unspecified atom stereocenters. The lowest BCUT2D eigenvalue weighted by Crippen LogP contribution is -2.30. The number of rotatable bonds is 3. The van der Waals surface area contributed by atoms with Crippen molar-refractivity contribution < 1.29 is 14.5 Å². The minimum Gasteiger partial charge on any atom is -0.278 e. The molecule has 0 N–H and O–H groups in total. The summed E-state index contributed by atoms with van der Waals surface area (Å²) in [7, 11) is 0. The van der Waals surface area contributed by atoms with Gasteiger partial charge in [-0.2, -0.15) is 0 Å². The first-order valence-electron chi connectivity index (χ1n) is 6.81. The number of likely N-dealkylation sites (tertiary alicyclic amines) is 1. The second-order valence-electron chi connectivity index (χ2n) is 5.35. The summed E-state index contributed by atoms with van der Waals surface area (Å²) >= 11 is 0. The SMILES string of the molecule is O=C1[C@H]2CC=CC[C@H]2C(=O)N1Cc1cccc([N+](=O)[O-])c1. The van der Waals surface area contributed by atoms with Gasteiger partial charge in [0.1, 0.15) is 0 Å². The maximum Gasteiger partial charge on any atom is 0.269 e. The van der Waals surface area contributed by atoms with Gasteiger partial charge in [0.2, 0.25) is 11.8 Å². The van der Waals surface area contributed by atoms with Crippen LogP contribution in [0.4, 0.5) is 5.69 Å². The number of imide groups is 1. The lowest BCUT2D eigenvalue weighted by Gasteiger charge is -2.14. The molecule has 2 amide bonds. The molecule has 6 nitrogen and oxygen atoms in total. The first kappa shape index (κ1) is 13.5. The van der Waals surface area contributed by atoms with Crippen LogP contribution in [0.15, 0.2) is 36.4 Å². The smallest absolute Gasteiger partial charge is 0.269 e. The van der Waals surface area contributed by atoms with Crippen LogP contribution in [0, 0.1) is 22.0 Å². The fourth-order valence-corrected chi connectivity index (χ4v) is 2.98. The van der Waals surface area contributed by atoms with Crippen molar-refractivity contribution in [3.63, 3.8) is 0 Å². The van der Waals surface area contributed by atoms with Crippen molar-refractivity contribution in [2.45, 2.75) is 19.4 Å². The maximum absolute atomic E-state index is 12.3. The second-order valence-corrected chi connectivity index (χ2v) is 5.35. The molecule has 0 bridgehead atoms. The zero-order valence-electron chi connectivity index (χ0n) is 11.3. The predicted molar refractivity (Wildman–Crippen MR) is 74.0 cm³/mol.